The van der Waals surface area contributed by atoms with Crippen molar-refractivity contribution in [3.05, 3.63) is 29.8 Å². The summed E-state index contributed by atoms with van der Waals surface area (Å²) in [7, 11) is 2.10. The largest absolute Gasteiger partial charge is 0.399 e. The molecular weight excluding hydrogens is 226 g/mol. The molecule has 1 amide bonds. The number of amides is 1. The normalized spacial score (nSPS) is 21.0. The van der Waals surface area contributed by atoms with E-state index in [9.17, 15) is 4.79 Å². The number of nitrogens with two attached hydrogens (primary N) is 1. The number of carbonyl (C=O) groups excluding carboxylic acids is 1. The van der Waals surface area contributed by atoms with Crippen molar-refractivity contribution in [3.63, 3.8) is 0 Å². The van der Waals surface area contributed by atoms with Crippen molar-refractivity contribution in [3.8, 4) is 0 Å². The van der Waals surface area contributed by atoms with Crippen LogP contribution in [0.25, 0.3) is 0 Å². The van der Waals surface area contributed by atoms with Crippen LogP contribution in [0.2, 0.25) is 0 Å². The molecule has 0 spiro atoms. The van der Waals surface area contributed by atoms with E-state index in [1.54, 1.807) is 0 Å². The summed E-state index contributed by atoms with van der Waals surface area (Å²) in [6, 6.07) is 7.99. The van der Waals surface area contributed by atoms with Crippen LogP contribution in [0.5, 0.6) is 0 Å². The summed E-state index contributed by atoms with van der Waals surface area (Å²) in [5.74, 6) is 0.195. The maximum atomic E-state index is 12.2. The first-order chi connectivity index (χ1) is 8.56. The number of carbonyl (C=O) groups is 1. The molecule has 1 aromatic carbocycles. The van der Waals surface area contributed by atoms with E-state index in [-0.39, 0.29) is 5.91 Å². The maximum Gasteiger partial charge on any atom is 0.227 e. The molecule has 4 nitrogen and oxygen atoms in total. The minimum Gasteiger partial charge on any atom is -0.399 e. The Bertz CT molecular complexity index is 433. The Labute approximate surface area is 108 Å². The predicted octanol–water partition coefficient (Wildman–Crippen LogP) is 0.974. The highest BCUT2D eigenvalue weighted by atomic mass is 16.2. The molecule has 1 heterocycles. The Hall–Kier alpha value is -1.55. The zero-order valence-corrected chi connectivity index (χ0v) is 11.1. The number of nitrogens with zero attached hydrogens (tertiary/aromatic N) is 2. The Balaban J connectivity index is 1.96. The third-order valence-corrected chi connectivity index (χ3v) is 3.62. The van der Waals surface area contributed by atoms with Crippen LogP contribution in [-0.2, 0) is 11.2 Å². The van der Waals surface area contributed by atoms with Crippen LogP contribution in [0.15, 0.2) is 24.3 Å². The smallest absolute Gasteiger partial charge is 0.227 e. The summed E-state index contributed by atoms with van der Waals surface area (Å²) in [6.45, 7) is 4.74. The molecule has 4 heteroatoms. The summed E-state index contributed by atoms with van der Waals surface area (Å²) < 4.78 is 0. The summed E-state index contributed by atoms with van der Waals surface area (Å²) >= 11 is 0. The standard InChI is InChI=1S/C14H21N3O/c1-11-10-17(7-6-16(11)2)14(18)9-12-4-3-5-13(15)8-12/h3-5,8,11H,6-7,9-10,15H2,1-2H3. The molecule has 0 aromatic heterocycles. The van der Waals surface area contributed by atoms with Crippen LogP contribution >= 0.6 is 0 Å². The maximum absolute atomic E-state index is 12.2. The fraction of sp³-hybridized carbons (Fsp3) is 0.500. The van der Waals surface area contributed by atoms with E-state index in [0.717, 1.165) is 25.2 Å². The lowest BCUT2D eigenvalue weighted by Gasteiger charge is -2.37. The lowest BCUT2D eigenvalue weighted by molar-refractivity contribution is -0.133. The van der Waals surface area contributed by atoms with Crippen molar-refractivity contribution >= 4 is 11.6 Å². The zero-order valence-electron chi connectivity index (χ0n) is 11.1. The van der Waals surface area contributed by atoms with E-state index in [1.807, 2.05) is 29.2 Å². The monoisotopic (exact) mass is 247 g/mol. The van der Waals surface area contributed by atoms with E-state index in [0.29, 0.717) is 18.2 Å². The van der Waals surface area contributed by atoms with Gasteiger partial charge in [-0.25, -0.2) is 0 Å². The molecule has 1 saturated heterocycles. The summed E-state index contributed by atoms with van der Waals surface area (Å²) in [6.07, 6.45) is 0.446. The molecule has 1 aromatic rings. The van der Waals surface area contributed by atoms with Crippen LogP contribution in [0.4, 0.5) is 5.69 Å². The highest BCUT2D eigenvalue weighted by Crippen LogP contribution is 2.12. The number of piperazine rings is 1. The second-order valence-corrected chi connectivity index (χ2v) is 5.09. The van der Waals surface area contributed by atoms with Gasteiger partial charge in [0.1, 0.15) is 0 Å². The third kappa shape index (κ3) is 3.01. The molecule has 0 saturated carbocycles. The number of benzene rings is 1. The molecular formula is C14H21N3O. The van der Waals surface area contributed by atoms with Gasteiger partial charge >= 0.3 is 0 Å². The molecule has 1 fully saturated rings. The van der Waals surface area contributed by atoms with E-state index < -0.39 is 0 Å². The summed E-state index contributed by atoms with van der Waals surface area (Å²) in [4.78, 5) is 16.4. The van der Waals surface area contributed by atoms with Gasteiger partial charge in [0, 0.05) is 31.4 Å². The van der Waals surface area contributed by atoms with E-state index in [4.69, 9.17) is 5.73 Å². The number of nitrogen functional groups attached to an aromatic ring is 1. The van der Waals surface area contributed by atoms with E-state index >= 15 is 0 Å². The second kappa shape index (κ2) is 5.40. The topological polar surface area (TPSA) is 49.6 Å². The first kappa shape index (κ1) is 12.9. The van der Waals surface area contributed by atoms with Crippen molar-refractivity contribution in [2.24, 2.45) is 0 Å². The van der Waals surface area contributed by atoms with Gasteiger partial charge in [-0.3, -0.25) is 4.79 Å². The Morgan fingerprint density at radius 2 is 2.22 bits per heavy atom. The molecule has 1 atom stereocenters. The molecule has 2 rings (SSSR count). The van der Waals surface area contributed by atoms with Crippen molar-refractivity contribution in [2.75, 3.05) is 32.4 Å². The first-order valence-electron chi connectivity index (χ1n) is 6.38. The van der Waals surface area contributed by atoms with Gasteiger partial charge in [-0.15, -0.1) is 0 Å². The Morgan fingerprint density at radius 3 is 2.89 bits per heavy atom. The molecule has 18 heavy (non-hydrogen) atoms. The Kier molecular flexibility index (Phi) is 3.87. The highest BCUT2D eigenvalue weighted by molar-refractivity contribution is 5.79. The molecule has 1 aliphatic rings. The number of hydrogen-bond acceptors (Lipinski definition) is 3. The van der Waals surface area contributed by atoms with Gasteiger partial charge in [0.15, 0.2) is 0 Å². The third-order valence-electron chi connectivity index (χ3n) is 3.62. The predicted molar refractivity (Wildman–Crippen MR) is 73.2 cm³/mol. The number of rotatable bonds is 2. The lowest BCUT2D eigenvalue weighted by atomic mass is 10.1. The van der Waals surface area contributed by atoms with Gasteiger partial charge in [0.05, 0.1) is 6.42 Å². The first-order valence-corrected chi connectivity index (χ1v) is 6.38. The molecule has 1 aliphatic heterocycles. The van der Waals surface area contributed by atoms with Crippen molar-refractivity contribution in [1.29, 1.82) is 0 Å². The van der Waals surface area contributed by atoms with E-state index in [1.165, 1.54) is 0 Å². The SMILES string of the molecule is CC1CN(C(=O)Cc2cccc(N)c2)CCN1C. The van der Waals surface area contributed by atoms with Crippen molar-refractivity contribution in [1.82, 2.24) is 9.80 Å². The lowest BCUT2D eigenvalue weighted by Crippen LogP contribution is -2.52. The van der Waals surface area contributed by atoms with Gasteiger partial charge in [-0.05, 0) is 31.7 Å². The van der Waals surface area contributed by atoms with Crippen LogP contribution in [0.1, 0.15) is 12.5 Å². The minimum atomic E-state index is 0.195. The zero-order chi connectivity index (χ0) is 13.1. The second-order valence-electron chi connectivity index (χ2n) is 5.09. The minimum absolute atomic E-state index is 0.195. The quantitative estimate of drug-likeness (QED) is 0.792. The summed E-state index contributed by atoms with van der Waals surface area (Å²) in [5, 5.41) is 0. The van der Waals surface area contributed by atoms with Crippen LogP contribution in [0.3, 0.4) is 0 Å². The highest BCUT2D eigenvalue weighted by Gasteiger charge is 2.24. The molecule has 0 radical (unpaired) electrons. The number of likely N-dealkylation sites (N-methyl/N-ethyl adjacent to an activating group) is 1. The van der Waals surface area contributed by atoms with Gasteiger partial charge < -0.3 is 15.5 Å². The molecule has 0 aliphatic carbocycles. The Morgan fingerprint density at radius 1 is 1.44 bits per heavy atom. The van der Waals surface area contributed by atoms with Crippen molar-refractivity contribution < 1.29 is 4.79 Å². The number of hydrogen-bond donors (Lipinski definition) is 1. The van der Waals surface area contributed by atoms with Gasteiger partial charge in [-0.1, -0.05) is 12.1 Å². The van der Waals surface area contributed by atoms with Gasteiger partial charge in [-0.2, -0.15) is 0 Å². The van der Waals surface area contributed by atoms with Crippen LogP contribution in [0, 0.1) is 0 Å². The average Bonchev–Trinajstić information content (AvgIpc) is 2.32. The molecule has 2 N–H and O–H groups in total. The molecule has 1 unspecified atom stereocenters. The van der Waals surface area contributed by atoms with E-state index in [2.05, 4.69) is 18.9 Å². The average molecular weight is 247 g/mol. The molecule has 98 valence electrons. The van der Waals surface area contributed by atoms with Crippen LogP contribution < -0.4 is 5.73 Å². The van der Waals surface area contributed by atoms with Crippen LogP contribution in [-0.4, -0.2) is 48.4 Å². The fourth-order valence-corrected chi connectivity index (χ4v) is 2.26. The number of anilines is 1. The van der Waals surface area contributed by atoms with Gasteiger partial charge in [0.2, 0.25) is 5.91 Å². The fourth-order valence-electron chi connectivity index (χ4n) is 2.26. The molecule has 0 bridgehead atoms. The van der Waals surface area contributed by atoms with Crippen molar-refractivity contribution in [2.45, 2.75) is 19.4 Å². The summed E-state index contributed by atoms with van der Waals surface area (Å²) in [5.41, 5.74) is 7.43. The van der Waals surface area contributed by atoms with Gasteiger partial charge in [0.25, 0.3) is 0 Å².